The predicted molar refractivity (Wildman–Crippen MR) is 124 cm³/mol. The number of aromatic nitrogens is 2. The number of ether oxygens (including phenoxy) is 3. The molecule has 0 bridgehead atoms. The average Bonchev–Trinajstić information content (AvgIpc) is 3.13. The van der Waals surface area contributed by atoms with Crippen LogP contribution in [0.3, 0.4) is 0 Å². The summed E-state index contributed by atoms with van der Waals surface area (Å²) in [7, 11) is 0. The number of nitrogens with one attached hydrogen (secondary N) is 1. The smallest absolute Gasteiger partial charge is 0.244 e. The molecule has 2 aromatic carbocycles. The van der Waals surface area contributed by atoms with E-state index in [0.717, 1.165) is 26.0 Å². The Kier molecular flexibility index (Phi) is 6.23. The number of fused-ring (bicyclic) bond motifs is 1. The van der Waals surface area contributed by atoms with Crippen molar-refractivity contribution in [1.29, 1.82) is 5.26 Å². The van der Waals surface area contributed by atoms with E-state index in [1.54, 1.807) is 12.1 Å². The standard InChI is InChI=1S/C23H20FIN4O3/c1-3-30-18-9-14(8-17(25)21(18)31-11-13-4-6-15(24)7-5-13)20-16(10-26)22(27)32-23-19(20)12(2)28-29-23/h4-9,20H,3,11,27H2,1-2H3,(H,28,29)/t20-/m0/s1. The molecule has 0 unspecified atom stereocenters. The third-order valence-corrected chi connectivity index (χ3v) is 5.89. The normalized spacial score (nSPS) is 15.0. The second-order valence-electron chi connectivity index (χ2n) is 7.17. The molecule has 7 nitrogen and oxygen atoms in total. The fraction of sp³-hybridized carbons (Fsp3) is 0.217. The molecule has 1 aliphatic rings. The second kappa shape index (κ2) is 9.08. The van der Waals surface area contributed by atoms with Crippen molar-refractivity contribution in [1.82, 2.24) is 10.2 Å². The van der Waals surface area contributed by atoms with Crippen molar-refractivity contribution >= 4 is 22.6 Å². The van der Waals surface area contributed by atoms with Gasteiger partial charge in [-0.15, -0.1) is 5.10 Å². The molecule has 0 aliphatic carbocycles. The van der Waals surface area contributed by atoms with Crippen molar-refractivity contribution in [2.24, 2.45) is 5.73 Å². The van der Waals surface area contributed by atoms with Crippen LogP contribution in [-0.2, 0) is 6.61 Å². The van der Waals surface area contributed by atoms with Crippen LogP contribution in [0.4, 0.5) is 4.39 Å². The number of hydrogen-bond donors (Lipinski definition) is 2. The van der Waals surface area contributed by atoms with E-state index >= 15 is 0 Å². The fourth-order valence-corrected chi connectivity index (χ4v) is 4.41. The Bertz CT molecular complexity index is 1230. The van der Waals surface area contributed by atoms with Crippen LogP contribution in [0.2, 0.25) is 0 Å². The monoisotopic (exact) mass is 546 g/mol. The molecule has 0 spiro atoms. The van der Waals surface area contributed by atoms with Gasteiger partial charge in [0.1, 0.15) is 24.1 Å². The molecule has 4 rings (SSSR count). The van der Waals surface area contributed by atoms with Crippen molar-refractivity contribution in [3.8, 4) is 23.4 Å². The lowest BCUT2D eigenvalue weighted by molar-refractivity contribution is 0.267. The van der Waals surface area contributed by atoms with Gasteiger partial charge in [-0.3, -0.25) is 5.10 Å². The molecule has 1 aliphatic heterocycles. The molecule has 0 radical (unpaired) electrons. The number of nitrogens with two attached hydrogens (primary N) is 1. The SMILES string of the molecule is CCOc1cc([C@H]2C(C#N)=C(N)Oc3n[nH]c(C)c32)cc(I)c1OCc1ccc(F)cc1. The zero-order chi connectivity index (χ0) is 22.8. The van der Waals surface area contributed by atoms with Gasteiger partial charge in [-0.1, -0.05) is 12.1 Å². The number of halogens is 2. The first kappa shape index (κ1) is 22.0. The lowest BCUT2D eigenvalue weighted by Crippen LogP contribution is -2.21. The van der Waals surface area contributed by atoms with Gasteiger partial charge in [-0.05, 0) is 71.8 Å². The van der Waals surface area contributed by atoms with Crippen LogP contribution in [0.25, 0.3) is 0 Å². The maximum absolute atomic E-state index is 13.2. The van der Waals surface area contributed by atoms with E-state index in [1.807, 2.05) is 26.0 Å². The summed E-state index contributed by atoms with van der Waals surface area (Å²) in [6.45, 7) is 4.44. The lowest BCUT2D eigenvalue weighted by atomic mass is 9.84. The zero-order valence-corrected chi connectivity index (χ0v) is 19.6. The summed E-state index contributed by atoms with van der Waals surface area (Å²) < 4.78 is 31.4. The molecule has 1 aromatic heterocycles. The van der Waals surface area contributed by atoms with E-state index in [1.165, 1.54) is 12.1 Å². The molecule has 164 valence electrons. The first-order chi connectivity index (χ1) is 15.4. The number of nitriles is 1. The van der Waals surface area contributed by atoms with Gasteiger partial charge in [0.15, 0.2) is 11.5 Å². The maximum Gasteiger partial charge on any atom is 0.244 e. The van der Waals surface area contributed by atoms with Gasteiger partial charge in [0.05, 0.1) is 16.1 Å². The van der Waals surface area contributed by atoms with Crippen LogP contribution in [0.1, 0.15) is 35.2 Å². The minimum Gasteiger partial charge on any atom is -0.490 e. The predicted octanol–water partition coefficient (Wildman–Crippen LogP) is 4.66. The molecular formula is C23H20FIN4O3. The van der Waals surface area contributed by atoms with Gasteiger partial charge >= 0.3 is 0 Å². The number of benzene rings is 2. The Labute approximate surface area is 198 Å². The number of allylic oxidation sites excluding steroid dienone is 1. The van der Waals surface area contributed by atoms with E-state index < -0.39 is 5.92 Å². The van der Waals surface area contributed by atoms with Crippen LogP contribution in [0.15, 0.2) is 47.9 Å². The highest BCUT2D eigenvalue weighted by atomic mass is 127. The van der Waals surface area contributed by atoms with Crippen molar-refractivity contribution < 1.29 is 18.6 Å². The summed E-state index contributed by atoms with van der Waals surface area (Å²) in [6, 6.07) is 12.1. The van der Waals surface area contributed by atoms with E-state index in [9.17, 15) is 9.65 Å². The number of aryl methyl sites for hydroxylation is 1. The van der Waals surface area contributed by atoms with Gasteiger partial charge in [0.25, 0.3) is 0 Å². The largest absolute Gasteiger partial charge is 0.490 e. The first-order valence-electron chi connectivity index (χ1n) is 9.88. The Morgan fingerprint density at radius 3 is 2.72 bits per heavy atom. The molecule has 0 fully saturated rings. The molecule has 32 heavy (non-hydrogen) atoms. The minimum atomic E-state index is -0.457. The number of H-pyrrole nitrogens is 1. The van der Waals surface area contributed by atoms with Crippen LogP contribution in [0.5, 0.6) is 17.4 Å². The molecular weight excluding hydrogens is 526 g/mol. The third kappa shape index (κ3) is 4.10. The van der Waals surface area contributed by atoms with Gasteiger partial charge in [-0.2, -0.15) is 5.26 Å². The Balaban J connectivity index is 1.75. The highest BCUT2D eigenvalue weighted by Gasteiger charge is 2.35. The van der Waals surface area contributed by atoms with Crippen molar-refractivity contribution in [3.63, 3.8) is 0 Å². The van der Waals surface area contributed by atoms with Crippen LogP contribution in [-0.4, -0.2) is 16.8 Å². The van der Waals surface area contributed by atoms with Gasteiger partial charge in [0.2, 0.25) is 11.8 Å². The molecule has 0 saturated heterocycles. The summed E-state index contributed by atoms with van der Waals surface area (Å²) in [5.41, 5.74) is 9.51. The summed E-state index contributed by atoms with van der Waals surface area (Å²) in [6.07, 6.45) is 0. The summed E-state index contributed by atoms with van der Waals surface area (Å²) in [5.74, 6) is 0.749. The first-order valence-corrected chi connectivity index (χ1v) is 11.0. The number of aromatic amines is 1. The Morgan fingerprint density at radius 2 is 2.03 bits per heavy atom. The Morgan fingerprint density at radius 1 is 1.28 bits per heavy atom. The van der Waals surface area contributed by atoms with E-state index in [0.29, 0.717) is 29.6 Å². The van der Waals surface area contributed by atoms with Gasteiger partial charge in [-0.25, -0.2) is 4.39 Å². The molecule has 2 heterocycles. The number of nitrogens with zero attached hydrogens (tertiary/aromatic N) is 2. The second-order valence-corrected chi connectivity index (χ2v) is 8.33. The maximum atomic E-state index is 13.2. The molecule has 3 N–H and O–H groups in total. The molecule has 9 heteroatoms. The average molecular weight is 546 g/mol. The van der Waals surface area contributed by atoms with Crippen molar-refractivity contribution in [3.05, 3.63) is 79.6 Å². The fourth-order valence-electron chi connectivity index (χ4n) is 3.63. The Hall–Kier alpha value is -3.26. The lowest BCUT2D eigenvalue weighted by Gasteiger charge is -2.25. The van der Waals surface area contributed by atoms with Gasteiger partial charge < -0.3 is 19.9 Å². The third-order valence-electron chi connectivity index (χ3n) is 5.09. The van der Waals surface area contributed by atoms with Gasteiger partial charge in [0, 0.05) is 11.3 Å². The summed E-state index contributed by atoms with van der Waals surface area (Å²) in [4.78, 5) is 0. The van der Waals surface area contributed by atoms with Crippen LogP contribution >= 0.6 is 22.6 Å². The zero-order valence-electron chi connectivity index (χ0n) is 17.4. The minimum absolute atomic E-state index is 0.0288. The molecule has 1 atom stereocenters. The quantitative estimate of drug-likeness (QED) is 0.436. The topological polar surface area (TPSA) is 106 Å². The van der Waals surface area contributed by atoms with Crippen LogP contribution in [0, 0.1) is 27.6 Å². The van der Waals surface area contributed by atoms with E-state index in [4.69, 9.17) is 19.9 Å². The molecule has 0 amide bonds. The van der Waals surface area contributed by atoms with Crippen molar-refractivity contribution in [2.75, 3.05) is 6.61 Å². The van der Waals surface area contributed by atoms with Crippen molar-refractivity contribution in [2.45, 2.75) is 26.4 Å². The molecule has 3 aromatic rings. The number of hydrogen-bond acceptors (Lipinski definition) is 6. The highest BCUT2D eigenvalue weighted by molar-refractivity contribution is 14.1. The summed E-state index contributed by atoms with van der Waals surface area (Å²) >= 11 is 2.18. The van der Waals surface area contributed by atoms with E-state index in [-0.39, 0.29) is 18.3 Å². The molecule has 0 saturated carbocycles. The number of rotatable bonds is 6. The highest BCUT2D eigenvalue weighted by Crippen LogP contribution is 2.45. The summed E-state index contributed by atoms with van der Waals surface area (Å²) in [5, 5.41) is 16.9. The van der Waals surface area contributed by atoms with Crippen LogP contribution < -0.4 is 19.9 Å². The van der Waals surface area contributed by atoms with E-state index in [2.05, 4.69) is 38.9 Å².